The van der Waals surface area contributed by atoms with Crippen LogP contribution in [0.4, 0.5) is 0 Å². The fraction of sp³-hybridized carbons (Fsp3) is 0.903. The maximum atomic E-state index is 13.4. The molecule has 0 radical (unpaired) electrons. The van der Waals surface area contributed by atoms with Crippen molar-refractivity contribution >= 4 is 5.97 Å². The van der Waals surface area contributed by atoms with Gasteiger partial charge in [-0.25, -0.2) is 0 Å². The van der Waals surface area contributed by atoms with E-state index in [2.05, 4.69) is 41.2 Å². The van der Waals surface area contributed by atoms with Gasteiger partial charge in [0.25, 0.3) is 0 Å². The Hall–Kier alpha value is -0.870. The first-order chi connectivity index (χ1) is 16.4. The Labute approximate surface area is 213 Å². The van der Waals surface area contributed by atoms with Gasteiger partial charge in [0.15, 0.2) is 0 Å². The molecule has 0 amide bonds. The van der Waals surface area contributed by atoms with Crippen molar-refractivity contribution in [3.05, 3.63) is 12.2 Å². The van der Waals surface area contributed by atoms with Crippen molar-refractivity contribution in [2.45, 2.75) is 105 Å². The smallest absolute Gasteiger partial charge is 0.312 e. The van der Waals surface area contributed by atoms with Gasteiger partial charge in [0.05, 0.1) is 18.6 Å². The molecule has 0 aromatic carbocycles. The quantitative estimate of drug-likeness (QED) is 0.371. The minimum absolute atomic E-state index is 0.0243. The normalized spacial score (nSPS) is 52.5. The second-order valence-corrected chi connectivity index (χ2v) is 14.6. The van der Waals surface area contributed by atoms with Gasteiger partial charge in [-0.15, -0.1) is 0 Å². The molecule has 10 atom stereocenters. The second-order valence-electron chi connectivity index (χ2n) is 14.6. The highest BCUT2D eigenvalue weighted by Gasteiger charge is 2.73. The molecule has 5 rings (SSSR count). The molecular formula is C31H50O4. The van der Waals surface area contributed by atoms with Gasteiger partial charge in [-0.2, -0.15) is 0 Å². The lowest BCUT2D eigenvalue weighted by Crippen LogP contribution is -2.68. The van der Waals surface area contributed by atoms with Gasteiger partial charge in [0.1, 0.15) is 0 Å². The summed E-state index contributed by atoms with van der Waals surface area (Å²) >= 11 is 0. The number of allylic oxidation sites excluding steroid dienone is 1. The summed E-state index contributed by atoms with van der Waals surface area (Å²) < 4.78 is 5.47. The van der Waals surface area contributed by atoms with Gasteiger partial charge in [-0.05, 0) is 117 Å². The Morgan fingerprint density at radius 3 is 2.29 bits per heavy atom. The number of hydrogen-bond donors (Lipinski definition) is 2. The SMILES string of the molecule is C=C(C)[C@@H]1CC[C@]2(C(=O)OC)CC[C@]3(CO)C(CC[C@@H]4[C@@]5(C)CC[C@@H](O)C(C)(C)[C@@H]5CC[C@]43C)[C@@H]12. The first-order valence-corrected chi connectivity index (χ1v) is 14.4. The van der Waals surface area contributed by atoms with Crippen molar-refractivity contribution in [3.63, 3.8) is 0 Å². The molecule has 5 aliphatic rings. The van der Waals surface area contributed by atoms with Crippen LogP contribution < -0.4 is 0 Å². The van der Waals surface area contributed by atoms with Gasteiger partial charge in [-0.3, -0.25) is 4.79 Å². The fourth-order valence-electron chi connectivity index (χ4n) is 11.8. The van der Waals surface area contributed by atoms with E-state index < -0.39 is 5.41 Å². The maximum Gasteiger partial charge on any atom is 0.312 e. The summed E-state index contributed by atoms with van der Waals surface area (Å²) in [6.45, 7) is 16.3. The summed E-state index contributed by atoms with van der Waals surface area (Å²) in [5.74, 6) is 1.91. The van der Waals surface area contributed by atoms with Crippen LogP contribution in [0.15, 0.2) is 12.2 Å². The van der Waals surface area contributed by atoms with E-state index in [1.54, 1.807) is 7.11 Å². The van der Waals surface area contributed by atoms with Crippen LogP contribution in [0.1, 0.15) is 98.8 Å². The third-order valence-electron chi connectivity index (χ3n) is 13.6. The van der Waals surface area contributed by atoms with Crippen molar-refractivity contribution in [1.29, 1.82) is 0 Å². The van der Waals surface area contributed by atoms with E-state index >= 15 is 0 Å². The van der Waals surface area contributed by atoms with Crippen molar-refractivity contribution in [1.82, 2.24) is 0 Å². The second kappa shape index (κ2) is 8.06. The van der Waals surface area contributed by atoms with Crippen LogP contribution in [0.2, 0.25) is 0 Å². The third-order valence-corrected chi connectivity index (χ3v) is 13.6. The molecule has 1 unspecified atom stereocenters. The Kier molecular flexibility index (Phi) is 5.94. The van der Waals surface area contributed by atoms with E-state index in [-0.39, 0.29) is 46.3 Å². The van der Waals surface area contributed by atoms with E-state index in [1.165, 1.54) is 12.0 Å². The molecule has 0 heterocycles. The number of ether oxygens (including phenoxy) is 1. The van der Waals surface area contributed by atoms with E-state index in [0.717, 1.165) is 57.8 Å². The molecule has 5 saturated carbocycles. The zero-order chi connectivity index (χ0) is 25.6. The lowest BCUT2D eigenvalue weighted by molar-refractivity contribution is -0.262. The highest BCUT2D eigenvalue weighted by Crippen LogP contribution is 2.77. The molecule has 0 saturated heterocycles. The predicted molar refractivity (Wildman–Crippen MR) is 138 cm³/mol. The Balaban J connectivity index is 1.60. The average Bonchev–Trinajstić information content (AvgIpc) is 3.22. The molecule has 4 nitrogen and oxygen atoms in total. The number of esters is 1. The predicted octanol–water partition coefficient (Wildman–Crippen LogP) is 6.15. The Bertz CT molecular complexity index is 894. The summed E-state index contributed by atoms with van der Waals surface area (Å²) in [4.78, 5) is 13.4. The van der Waals surface area contributed by atoms with Crippen LogP contribution >= 0.6 is 0 Å². The van der Waals surface area contributed by atoms with Crippen molar-refractivity contribution in [2.24, 2.45) is 56.7 Å². The van der Waals surface area contributed by atoms with Gasteiger partial charge < -0.3 is 14.9 Å². The van der Waals surface area contributed by atoms with Crippen LogP contribution in [0.3, 0.4) is 0 Å². The molecule has 198 valence electrons. The van der Waals surface area contributed by atoms with Crippen molar-refractivity contribution in [2.75, 3.05) is 13.7 Å². The average molecular weight is 487 g/mol. The minimum atomic E-state index is -0.414. The first-order valence-electron chi connectivity index (χ1n) is 14.4. The maximum absolute atomic E-state index is 13.4. The number of carbonyl (C=O) groups excluding carboxylic acids is 1. The van der Waals surface area contributed by atoms with E-state index in [0.29, 0.717) is 23.7 Å². The van der Waals surface area contributed by atoms with Gasteiger partial charge in [-0.1, -0.05) is 39.8 Å². The molecule has 0 aromatic heterocycles. The van der Waals surface area contributed by atoms with Crippen LogP contribution in [0.5, 0.6) is 0 Å². The summed E-state index contributed by atoms with van der Waals surface area (Å²) in [6, 6.07) is 0. The van der Waals surface area contributed by atoms with Crippen LogP contribution in [0.25, 0.3) is 0 Å². The van der Waals surface area contributed by atoms with Crippen LogP contribution in [0, 0.1) is 56.7 Å². The fourth-order valence-corrected chi connectivity index (χ4v) is 11.8. The highest BCUT2D eigenvalue weighted by molar-refractivity contribution is 5.78. The molecule has 4 heteroatoms. The molecule has 0 aliphatic heterocycles. The molecule has 0 bridgehead atoms. The molecule has 0 aromatic rings. The number of carbonyl (C=O) groups is 1. The topological polar surface area (TPSA) is 66.8 Å². The summed E-state index contributed by atoms with van der Waals surface area (Å²) in [6.07, 6.45) is 9.88. The third kappa shape index (κ3) is 3.02. The van der Waals surface area contributed by atoms with Gasteiger partial charge in [0.2, 0.25) is 0 Å². The largest absolute Gasteiger partial charge is 0.469 e. The van der Waals surface area contributed by atoms with Crippen molar-refractivity contribution in [3.8, 4) is 0 Å². The number of hydrogen-bond acceptors (Lipinski definition) is 4. The molecule has 2 N–H and O–H groups in total. The molecule has 5 aliphatic carbocycles. The van der Waals surface area contributed by atoms with E-state index in [1.807, 2.05) is 0 Å². The Morgan fingerprint density at radius 1 is 0.943 bits per heavy atom. The monoisotopic (exact) mass is 486 g/mol. The molecule has 5 fully saturated rings. The summed E-state index contributed by atoms with van der Waals surface area (Å²) in [5.41, 5.74) is 0.774. The molecule has 35 heavy (non-hydrogen) atoms. The van der Waals surface area contributed by atoms with Crippen LogP contribution in [-0.4, -0.2) is 36.0 Å². The van der Waals surface area contributed by atoms with Gasteiger partial charge in [0, 0.05) is 12.0 Å². The number of methoxy groups -OCH3 is 1. The highest BCUT2D eigenvalue weighted by atomic mass is 16.5. The first kappa shape index (κ1) is 25.8. The minimum Gasteiger partial charge on any atom is -0.469 e. The Morgan fingerprint density at radius 2 is 1.66 bits per heavy atom. The zero-order valence-electron chi connectivity index (χ0n) is 23.2. The molecule has 0 spiro atoms. The van der Waals surface area contributed by atoms with E-state index in [9.17, 15) is 15.0 Å². The number of rotatable bonds is 3. The summed E-state index contributed by atoms with van der Waals surface area (Å²) in [7, 11) is 1.55. The van der Waals surface area contributed by atoms with Crippen LogP contribution in [-0.2, 0) is 9.53 Å². The van der Waals surface area contributed by atoms with Crippen molar-refractivity contribution < 1.29 is 19.7 Å². The summed E-state index contributed by atoms with van der Waals surface area (Å²) in [5, 5.41) is 22.3. The molecular weight excluding hydrogens is 436 g/mol. The number of aliphatic hydroxyl groups excluding tert-OH is 2. The number of aliphatic hydroxyl groups is 2. The number of fused-ring (bicyclic) bond motifs is 7. The lowest BCUT2D eigenvalue weighted by Gasteiger charge is -2.73. The zero-order valence-corrected chi connectivity index (χ0v) is 23.2. The van der Waals surface area contributed by atoms with E-state index in [4.69, 9.17) is 4.74 Å². The lowest BCUT2D eigenvalue weighted by atomic mass is 9.32. The van der Waals surface area contributed by atoms with Gasteiger partial charge >= 0.3 is 5.97 Å². The standard InChI is InChI=1S/C31H50O4/c1-19(2)20-10-15-30(26(34)35-7)16-17-31(18-32)21(25(20)30)8-9-23-28(5)13-12-24(33)27(3,4)22(28)11-14-29(23,31)6/h20-25,32-33H,1,8-18H2,2-7H3/t20-,21?,22-,23+,24+,25+,28-,29+,30-,31-/m0/s1.